The fourth-order valence-corrected chi connectivity index (χ4v) is 1.98. The second-order valence-electron chi connectivity index (χ2n) is 4.49. The molecule has 112 valence electrons. The predicted molar refractivity (Wildman–Crippen MR) is 72.8 cm³/mol. The van der Waals surface area contributed by atoms with Gasteiger partial charge in [0, 0.05) is 19.6 Å². The molecule has 0 aromatic carbocycles. The molecule has 1 aromatic rings. The summed E-state index contributed by atoms with van der Waals surface area (Å²) in [6.45, 7) is 7.46. The molecule has 7 heteroatoms. The molecule has 0 unspecified atom stereocenters. The number of oxazole rings is 1. The molecule has 0 radical (unpaired) electrons. The van der Waals surface area contributed by atoms with Gasteiger partial charge in [-0.05, 0) is 19.9 Å². The van der Waals surface area contributed by atoms with E-state index in [9.17, 15) is 4.79 Å². The highest BCUT2D eigenvalue weighted by Gasteiger charge is 2.13. The molecular weight excluding hydrogens is 262 g/mol. The quantitative estimate of drug-likeness (QED) is 0.590. The number of nitrogens with one attached hydrogen (secondary N) is 1. The third kappa shape index (κ3) is 4.50. The van der Waals surface area contributed by atoms with E-state index in [2.05, 4.69) is 15.2 Å². The van der Waals surface area contributed by atoms with Crippen molar-refractivity contribution in [3.8, 4) is 0 Å². The number of carbonyl (C=O) groups is 1. The van der Waals surface area contributed by atoms with Crippen molar-refractivity contribution in [1.29, 1.82) is 0 Å². The van der Waals surface area contributed by atoms with E-state index < -0.39 is 5.97 Å². The Morgan fingerprint density at radius 1 is 1.50 bits per heavy atom. The average Bonchev–Trinajstić information content (AvgIpc) is 2.94. The van der Waals surface area contributed by atoms with E-state index in [0.717, 1.165) is 45.8 Å². The lowest BCUT2D eigenvalue weighted by Gasteiger charge is -2.26. The van der Waals surface area contributed by atoms with Crippen LogP contribution in [-0.4, -0.2) is 61.9 Å². The average molecular weight is 283 g/mol. The lowest BCUT2D eigenvalue weighted by Crippen LogP contribution is -2.37. The fraction of sp³-hybridized carbons (Fsp3) is 0.692. The van der Waals surface area contributed by atoms with Crippen molar-refractivity contribution in [2.45, 2.75) is 13.3 Å². The third-order valence-electron chi connectivity index (χ3n) is 3.02. The van der Waals surface area contributed by atoms with Crippen LogP contribution in [-0.2, 0) is 9.47 Å². The molecule has 20 heavy (non-hydrogen) atoms. The van der Waals surface area contributed by atoms with Crippen molar-refractivity contribution in [2.24, 2.45) is 0 Å². The molecule has 0 saturated carbocycles. The zero-order valence-corrected chi connectivity index (χ0v) is 11.8. The largest absolute Gasteiger partial charge is 0.461 e. The first kappa shape index (κ1) is 14.8. The first-order valence-electron chi connectivity index (χ1n) is 6.96. The minimum Gasteiger partial charge on any atom is -0.461 e. The Labute approximate surface area is 118 Å². The molecule has 0 bridgehead atoms. The number of morpholine rings is 1. The first-order valence-corrected chi connectivity index (χ1v) is 6.96. The Bertz CT molecular complexity index is 416. The zero-order chi connectivity index (χ0) is 14.2. The first-order chi connectivity index (χ1) is 9.79. The van der Waals surface area contributed by atoms with Gasteiger partial charge >= 0.3 is 5.97 Å². The molecule has 0 amide bonds. The summed E-state index contributed by atoms with van der Waals surface area (Å²) in [4.78, 5) is 17.8. The second kappa shape index (κ2) is 7.86. The predicted octanol–water partition coefficient (Wildman–Crippen LogP) is 0.985. The standard InChI is InChI=1S/C13H21N3O4/c1-2-19-12(17)11-10-20-13(15-11)14-4-3-5-16-6-8-18-9-7-16/h10H,2-9H2,1H3,(H,14,15). The van der Waals surface area contributed by atoms with Crippen LogP contribution in [0.5, 0.6) is 0 Å². The van der Waals surface area contributed by atoms with E-state index in [-0.39, 0.29) is 5.69 Å². The minimum atomic E-state index is -0.461. The molecule has 1 aliphatic heterocycles. The van der Waals surface area contributed by atoms with Gasteiger partial charge in [-0.15, -0.1) is 0 Å². The number of nitrogens with zero attached hydrogens (tertiary/aromatic N) is 2. The zero-order valence-electron chi connectivity index (χ0n) is 11.8. The van der Waals surface area contributed by atoms with E-state index in [1.807, 2.05) is 0 Å². The number of hydrogen-bond acceptors (Lipinski definition) is 7. The smallest absolute Gasteiger partial charge is 0.360 e. The number of aromatic nitrogens is 1. The summed E-state index contributed by atoms with van der Waals surface area (Å²) in [7, 11) is 0. The number of rotatable bonds is 7. The van der Waals surface area contributed by atoms with Crippen molar-refractivity contribution < 1.29 is 18.7 Å². The molecule has 1 aliphatic rings. The van der Waals surface area contributed by atoms with Crippen molar-refractivity contribution in [2.75, 3.05) is 51.3 Å². The molecule has 2 heterocycles. The van der Waals surface area contributed by atoms with Gasteiger partial charge in [-0.25, -0.2) is 4.79 Å². The minimum absolute atomic E-state index is 0.197. The fourth-order valence-electron chi connectivity index (χ4n) is 1.98. The summed E-state index contributed by atoms with van der Waals surface area (Å²) in [5.74, 6) is -0.461. The van der Waals surface area contributed by atoms with Gasteiger partial charge in [0.1, 0.15) is 6.26 Å². The molecule has 0 spiro atoms. The maximum atomic E-state index is 11.4. The van der Waals surface area contributed by atoms with Crippen LogP contribution in [0.15, 0.2) is 10.7 Å². The van der Waals surface area contributed by atoms with Crippen molar-refractivity contribution >= 4 is 12.0 Å². The van der Waals surface area contributed by atoms with Crippen LogP contribution in [0.3, 0.4) is 0 Å². The highest BCUT2D eigenvalue weighted by Crippen LogP contribution is 2.08. The van der Waals surface area contributed by atoms with Gasteiger partial charge in [-0.3, -0.25) is 4.90 Å². The topological polar surface area (TPSA) is 76.8 Å². The number of ether oxygens (including phenoxy) is 2. The van der Waals surface area contributed by atoms with E-state index in [1.165, 1.54) is 6.26 Å². The van der Waals surface area contributed by atoms with Gasteiger partial charge in [-0.1, -0.05) is 0 Å². The number of esters is 1. The van der Waals surface area contributed by atoms with Crippen LogP contribution in [0.2, 0.25) is 0 Å². The monoisotopic (exact) mass is 283 g/mol. The Morgan fingerprint density at radius 2 is 2.30 bits per heavy atom. The third-order valence-corrected chi connectivity index (χ3v) is 3.02. The normalized spacial score (nSPS) is 16.1. The molecule has 1 aromatic heterocycles. The molecular formula is C13H21N3O4. The van der Waals surface area contributed by atoms with E-state index in [0.29, 0.717) is 12.6 Å². The lowest BCUT2D eigenvalue weighted by molar-refractivity contribution is 0.0378. The van der Waals surface area contributed by atoms with Crippen LogP contribution in [0.25, 0.3) is 0 Å². The van der Waals surface area contributed by atoms with Crippen molar-refractivity contribution in [1.82, 2.24) is 9.88 Å². The maximum absolute atomic E-state index is 11.4. The SMILES string of the molecule is CCOC(=O)c1coc(NCCCN2CCOCC2)n1. The van der Waals surface area contributed by atoms with Crippen LogP contribution < -0.4 is 5.32 Å². The van der Waals surface area contributed by atoms with Crippen LogP contribution >= 0.6 is 0 Å². The van der Waals surface area contributed by atoms with Crippen molar-refractivity contribution in [3.05, 3.63) is 12.0 Å². The Balaban J connectivity index is 1.65. The summed E-state index contributed by atoms with van der Waals surface area (Å²) in [6.07, 6.45) is 2.29. The van der Waals surface area contributed by atoms with E-state index >= 15 is 0 Å². The Hall–Kier alpha value is -1.60. The molecule has 0 aliphatic carbocycles. The summed E-state index contributed by atoms with van der Waals surface area (Å²) in [5.41, 5.74) is 0.197. The number of carbonyl (C=O) groups excluding carboxylic acids is 1. The Kier molecular flexibility index (Phi) is 5.82. The number of anilines is 1. The van der Waals surface area contributed by atoms with Gasteiger partial charge in [0.25, 0.3) is 6.01 Å². The van der Waals surface area contributed by atoms with Gasteiger partial charge in [0.05, 0.1) is 19.8 Å². The number of hydrogen-bond donors (Lipinski definition) is 1. The van der Waals surface area contributed by atoms with E-state index in [4.69, 9.17) is 13.9 Å². The van der Waals surface area contributed by atoms with Crippen LogP contribution in [0.1, 0.15) is 23.8 Å². The molecule has 1 saturated heterocycles. The summed E-state index contributed by atoms with van der Waals surface area (Å²) < 4.78 is 15.3. The molecule has 1 fully saturated rings. The van der Waals surface area contributed by atoms with Crippen molar-refractivity contribution in [3.63, 3.8) is 0 Å². The van der Waals surface area contributed by atoms with Gasteiger partial charge in [0.15, 0.2) is 5.69 Å². The van der Waals surface area contributed by atoms with Crippen LogP contribution in [0.4, 0.5) is 6.01 Å². The second-order valence-corrected chi connectivity index (χ2v) is 4.49. The van der Waals surface area contributed by atoms with Gasteiger partial charge in [0.2, 0.25) is 0 Å². The highest BCUT2D eigenvalue weighted by molar-refractivity contribution is 5.87. The summed E-state index contributed by atoms with van der Waals surface area (Å²) in [6, 6.07) is 0.357. The summed E-state index contributed by atoms with van der Waals surface area (Å²) in [5, 5.41) is 3.06. The molecule has 7 nitrogen and oxygen atoms in total. The van der Waals surface area contributed by atoms with E-state index in [1.54, 1.807) is 6.92 Å². The highest BCUT2D eigenvalue weighted by atomic mass is 16.5. The molecule has 2 rings (SSSR count). The molecule has 1 N–H and O–H groups in total. The Morgan fingerprint density at radius 3 is 3.05 bits per heavy atom. The van der Waals surface area contributed by atoms with Gasteiger partial charge < -0.3 is 19.2 Å². The lowest BCUT2D eigenvalue weighted by atomic mass is 10.3. The maximum Gasteiger partial charge on any atom is 0.360 e. The van der Waals surface area contributed by atoms with Crippen LogP contribution in [0, 0.1) is 0 Å². The van der Waals surface area contributed by atoms with Gasteiger partial charge in [-0.2, -0.15) is 4.98 Å². The summed E-state index contributed by atoms with van der Waals surface area (Å²) >= 11 is 0. The molecule has 0 atom stereocenters.